The lowest BCUT2D eigenvalue weighted by molar-refractivity contribution is -0.146. The normalized spacial score (nSPS) is 28.8. The van der Waals surface area contributed by atoms with E-state index in [1.807, 2.05) is 0 Å². The minimum Gasteiger partial charge on any atom is -0.481 e. The van der Waals surface area contributed by atoms with E-state index < -0.39 is 39.5 Å². The maximum absolute atomic E-state index is 14.7. The zero-order valence-electron chi connectivity index (χ0n) is 15.0. The van der Waals surface area contributed by atoms with Crippen LogP contribution in [0.4, 0.5) is 8.78 Å². The third-order valence-corrected chi connectivity index (χ3v) is 7.45. The molecule has 0 radical (unpaired) electrons. The van der Waals surface area contributed by atoms with Crippen molar-refractivity contribution in [3.05, 3.63) is 34.9 Å². The monoisotopic (exact) mass is 403 g/mol. The van der Waals surface area contributed by atoms with Crippen LogP contribution >= 0.6 is 0 Å². The molecule has 0 saturated carbocycles. The second kappa shape index (κ2) is 7.81. The van der Waals surface area contributed by atoms with Crippen LogP contribution in [0.3, 0.4) is 0 Å². The first kappa shape index (κ1) is 20.2. The van der Waals surface area contributed by atoms with Gasteiger partial charge in [0.15, 0.2) is 0 Å². The van der Waals surface area contributed by atoms with Crippen molar-refractivity contribution in [3.63, 3.8) is 0 Å². The highest BCUT2D eigenvalue weighted by Gasteiger charge is 2.36. The predicted octanol–water partition coefficient (Wildman–Crippen LogP) is 2.48. The molecule has 0 unspecified atom stereocenters. The average Bonchev–Trinajstić information content (AvgIpc) is 2.60. The smallest absolute Gasteiger partial charge is 0.307 e. The van der Waals surface area contributed by atoms with Gasteiger partial charge in [0.1, 0.15) is 11.6 Å². The summed E-state index contributed by atoms with van der Waals surface area (Å²) < 4.78 is 60.4. The quantitative estimate of drug-likeness (QED) is 0.835. The summed E-state index contributed by atoms with van der Waals surface area (Å²) in [4.78, 5) is 11.4. The maximum atomic E-state index is 14.7. The third-order valence-electron chi connectivity index (χ3n) is 5.44. The van der Waals surface area contributed by atoms with Crippen molar-refractivity contribution in [1.29, 1.82) is 0 Å². The van der Waals surface area contributed by atoms with E-state index >= 15 is 0 Å². The van der Waals surface area contributed by atoms with Crippen LogP contribution < -0.4 is 0 Å². The Bertz CT molecular complexity index is 829. The summed E-state index contributed by atoms with van der Waals surface area (Å²) in [6, 6.07) is 1.69. The van der Waals surface area contributed by atoms with Gasteiger partial charge in [-0.3, -0.25) is 4.79 Å². The van der Waals surface area contributed by atoms with Crippen molar-refractivity contribution in [2.75, 3.05) is 19.0 Å². The minimum atomic E-state index is -3.50. The molecule has 2 saturated heterocycles. The fourth-order valence-electron chi connectivity index (χ4n) is 3.87. The number of nitrogens with zero attached hydrogens (tertiary/aromatic N) is 1. The van der Waals surface area contributed by atoms with E-state index in [1.54, 1.807) is 6.92 Å². The molecule has 2 aliphatic heterocycles. The molecule has 0 aliphatic carbocycles. The maximum Gasteiger partial charge on any atom is 0.307 e. The van der Waals surface area contributed by atoms with E-state index in [0.717, 1.165) is 12.1 Å². The summed E-state index contributed by atoms with van der Waals surface area (Å²) in [7, 11) is -3.50. The van der Waals surface area contributed by atoms with E-state index in [-0.39, 0.29) is 49.1 Å². The molecule has 1 N–H and O–H groups in total. The van der Waals surface area contributed by atoms with Gasteiger partial charge in [-0.1, -0.05) is 0 Å². The molecule has 1 aromatic rings. The van der Waals surface area contributed by atoms with Crippen molar-refractivity contribution in [3.8, 4) is 0 Å². The number of rotatable bonds is 4. The molecule has 2 aliphatic rings. The van der Waals surface area contributed by atoms with Gasteiger partial charge in [0, 0.05) is 30.7 Å². The molecule has 2 heterocycles. The second-order valence-electron chi connectivity index (χ2n) is 7.23. The SMILES string of the molecule is C[C@H]1CCCS(=O)(=O)N1Cc1cc(F)c([C@H]2COCC[C@@H]2C(=O)O)cc1F. The summed E-state index contributed by atoms with van der Waals surface area (Å²) in [5, 5.41) is 9.34. The van der Waals surface area contributed by atoms with Crippen LogP contribution in [0.15, 0.2) is 12.1 Å². The van der Waals surface area contributed by atoms with E-state index in [0.29, 0.717) is 12.8 Å². The number of sulfonamides is 1. The van der Waals surface area contributed by atoms with Crippen LogP contribution in [-0.4, -0.2) is 48.8 Å². The van der Waals surface area contributed by atoms with Gasteiger partial charge < -0.3 is 9.84 Å². The van der Waals surface area contributed by atoms with Crippen molar-refractivity contribution in [2.45, 2.75) is 44.7 Å². The van der Waals surface area contributed by atoms with Crippen LogP contribution in [0.2, 0.25) is 0 Å². The number of carboxylic acid groups (broad SMARTS) is 1. The van der Waals surface area contributed by atoms with Crippen LogP contribution in [0.5, 0.6) is 0 Å². The van der Waals surface area contributed by atoms with Gasteiger partial charge in [-0.15, -0.1) is 0 Å². The Morgan fingerprint density at radius 1 is 1.30 bits per heavy atom. The molecule has 2 fully saturated rings. The van der Waals surface area contributed by atoms with E-state index in [2.05, 4.69) is 0 Å². The highest BCUT2D eigenvalue weighted by atomic mass is 32.2. The Kier molecular flexibility index (Phi) is 5.83. The fourth-order valence-corrected chi connectivity index (χ4v) is 5.62. The largest absolute Gasteiger partial charge is 0.481 e. The van der Waals surface area contributed by atoms with Gasteiger partial charge in [-0.25, -0.2) is 17.2 Å². The van der Waals surface area contributed by atoms with Crippen LogP contribution in [0.1, 0.15) is 43.2 Å². The molecule has 0 spiro atoms. The molecule has 6 nitrogen and oxygen atoms in total. The zero-order chi connectivity index (χ0) is 19.8. The molecular formula is C18H23F2NO5S. The Hall–Kier alpha value is -1.58. The van der Waals surface area contributed by atoms with Gasteiger partial charge in [-0.05, 0) is 43.9 Å². The highest BCUT2D eigenvalue weighted by Crippen LogP contribution is 2.35. The van der Waals surface area contributed by atoms with Crippen molar-refractivity contribution < 1.29 is 31.8 Å². The lowest BCUT2D eigenvalue weighted by Gasteiger charge is -2.33. The average molecular weight is 403 g/mol. The standard InChI is InChI=1S/C18H23F2NO5S/c1-11-3-2-6-27(24,25)21(11)9-12-7-17(20)14(8-16(12)19)15-10-26-5-4-13(15)18(22)23/h7-8,11,13,15H,2-6,9-10H2,1H3,(H,22,23)/t11-,13-,15-/m0/s1. The van der Waals surface area contributed by atoms with Crippen molar-refractivity contribution in [2.24, 2.45) is 5.92 Å². The summed E-state index contributed by atoms with van der Waals surface area (Å²) in [5.41, 5.74) is -0.102. The number of hydrogen-bond donors (Lipinski definition) is 1. The first-order valence-corrected chi connectivity index (χ1v) is 10.6. The molecule has 0 amide bonds. The lowest BCUT2D eigenvalue weighted by atomic mass is 9.82. The summed E-state index contributed by atoms with van der Waals surface area (Å²) in [6.45, 7) is 1.77. The van der Waals surface area contributed by atoms with Gasteiger partial charge >= 0.3 is 5.97 Å². The van der Waals surface area contributed by atoms with E-state index in [4.69, 9.17) is 4.74 Å². The van der Waals surface area contributed by atoms with E-state index in [9.17, 15) is 27.1 Å². The zero-order valence-corrected chi connectivity index (χ0v) is 15.8. The van der Waals surface area contributed by atoms with Crippen LogP contribution in [0.25, 0.3) is 0 Å². The summed E-state index contributed by atoms with van der Waals surface area (Å²) in [5.74, 6) is -4.18. The van der Waals surface area contributed by atoms with Crippen molar-refractivity contribution in [1.82, 2.24) is 4.31 Å². The Morgan fingerprint density at radius 2 is 2.04 bits per heavy atom. The molecule has 1 aromatic carbocycles. The number of carboxylic acids is 1. The number of aliphatic carboxylic acids is 1. The molecule has 27 heavy (non-hydrogen) atoms. The third kappa shape index (κ3) is 4.14. The summed E-state index contributed by atoms with van der Waals surface area (Å²) >= 11 is 0. The second-order valence-corrected chi connectivity index (χ2v) is 9.27. The molecule has 150 valence electrons. The number of halogens is 2. The highest BCUT2D eigenvalue weighted by molar-refractivity contribution is 7.89. The van der Waals surface area contributed by atoms with Crippen molar-refractivity contribution >= 4 is 16.0 Å². The first-order chi connectivity index (χ1) is 12.7. The molecule has 3 atom stereocenters. The Balaban J connectivity index is 1.90. The number of benzene rings is 1. The van der Waals surface area contributed by atoms with E-state index in [1.165, 1.54) is 4.31 Å². The van der Waals surface area contributed by atoms with Crippen LogP contribution in [-0.2, 0) is 26.1 Å². The van der Waals surface area contributed by atoms with Gasteiger partial charge in [0.25, 0.3) is 0 Å². The number of ether oxygens (including phenoxy) is 1. The number of hydrogen-bond acceptors (Lipinski definition) is 4. The first-order valence-electron chi connectivity index (χ1n) is 8.98. The molecule has 3 rings (SSSR count). The van der Waals surface area contributed by atoms with Gasteiger partial charge in [0.05, 0.1) is 18.3 Å². The fraction of sp³-hybridized carbons (Fsp3) is 0.611. The topological polar surface area (TPSA) is 83.9 Å². The molecule has 9 heteroatoms. The number of carbonyl (C=O) groups is 1. The van der Waals surface area contributed by atoms with Crippen LogP contribution in [0, 0.1) is 17.6 Å². The van der Waals surface area contributed by atoms with Gasteiger partial charge in [-0.2, -0.15) is 4.31 Å². The summed E-state index contributed by atoms with van der Waals surface area (Å²) in [6.07, 6.45) is 1.45. The Labute approximate surface area is 157 Å². The van der Waals surface area contributed by atoms with Gasteiger partial charge in [0.2, 0.25) is 10.0 Å². The molecule has 0 aromatic heterocycles. The minimum absolute atomic E-state index is 0.000765. The predicted molar refractivity (Wildman–Crippen MR) is 93.7 cm³/mol. The lowest BCUT2D eigenvalue weighted by Crippen LogP contribution is -2.43. The molecule has 0 bridgehead atoms. The molecular weight excluding hydrogens is 380 g/mol. The Morgan fingerprint density at radius 3 is 2.70 bits per heavy atom.